The minimum atomic E-state index is -0.990. The Bertz CT molecular complexity index is 841. The molecule has 0 aliphatic carbocycles. The van der Waals surface area contributed by atoms with Crippen LogP contribution in [0.3, 0.4) is 0 Å². The maximum absolute atomic E-state index is 13.5. The number of benzene rings is 2. The lowest BCUT2D eigenvalue weighted by molar-refractivity contribution is 0.0699. The van der Waals surface area contributed by atoms with Gasteiger partial charge in [-0.05, 0) is 17.7 Å². The van der Waals surface area contributed by atoms with Gasteiger partial charge in [-0.1, -0.05) is 41.9 Å². The van der Waals surface area contributed by atoms with Crippen LogP contribution in [-0.4, -0.2) is 15.6 Å². The number of halogens is 2. The van der Waals surface area contributed by atoms with Crippen LogP contribution in [-0.2, 0) is 6.54 Å². The van der Waals surface area contributed by atoms with Gasteiger partial charge in [0.05, 0.1) is 10.6 Å². The van der Waals surface area contributed by atoms with Crippen molar-refractivity contribution < 1.29 is 14.3 Å². The number of aromatic carboxylic acids is 1. The minimum Gasteiger partial charge on any atom is -0.478 e. The highest BCUT2D eigenvalue weighted by molar-refractivity contribution is 6.31. The Balaban J connectivity index is 2.13. The second-order valence-electron chi connectivity index (χ2n) is 4.71. The Morgan fingerprint density at radius 2 is 1.95 bits per heavy atom. The molecular formula is C16H11ClFNO2. The van der Waals surface area contributed by atoms with Crippen molar-refractivity contribution in [3.8, 4) is 0 Å². The summed E-state index contributed by atoms with van der Waals surface area (Å²) in [6, 6.07) is 11.8. The molecule has 1 aromatic heterocycles. The van der Waals surface area contributed by atoms with Gasteiger partial charge in [0.15, 0.2) is 0 Å². The molecule has 1 heterocycles. The van der Waals surface area contributed by atoms with E-state index < -0.39 is 11.8 Å². The molecule has 0 saturated carbocycles. The Kier molecular flexibility index (Phi) is 3.39. The normalized spacial score (nSPS) is 11.0. The maximum Gasteiger partial charge on any atom is 0.337 e. The smallest absolute Gasteiger partial charge is 0.337 e. The van der Waals surface area contributed by atoms with E-state index in [9.17, 15) is 14.3 Å². The van der Waals surface area contributed by atoms with Crippen LogP contribution in [0.15, 0.2) is 48.7 Å². The summed E-state index contributed by atoms with van der Waals surface area (Å²) in [6.45, 7) is 0.310. The summed E-state index contributed by atoms with van der Waals surface area (Å²) in [5.41, 5.74) is 1.60. The fourth-order valence-electron chi connectivity index (χ4n) is 2.40. The summed E-state index contributed by atoms with van der Waals surface area (Å²) < 4.78 is 15.3. The first-order valence-corrected chi connectivity index (χ1v) is 6.70. The molecule has 3 nitrogen and oxygen atoms in total. The van der Waals surface area contributed by atoms with Gasteiger partial charge in [-0.25, -0.2) is 9.18 Å². The molecular weight excluding hydrogens is 293 g/mol. The van der Waals surface area contributed by atoms with Crippen LogP contribution in [0, 0.1) is 5.82 Å². The van der Waals surface area contributed by atoms with Crippen molar-refractivity contribution >= 4 is 28.5 Å². The predicted molar refractivity (Wildman–Crippen MR) is 79.4 cm³/mol. The van der Waals surface area contributed by atoms with Crippen LogP contribution in [0.5, 0.6) is 0 Å². The Morgan fingerprint density at radius 3 is 2.71 bits per heavy atom. The van der Waals surface area contributed by atoms with Gasteiger partial charge in [0, 0.05) is 23.6 Å². The zero-order valence-electron chi connectivity index (χ0n) is 10.9. The van der Waals surface area contributed by atoms with E-state index in [-0.39, 0.29) is 10.6 Å². The average Bonchev–Trinajstić information content (AvgIpc) is 2.83. The number of carbonyl (C=O) groups is 1. The topological polar surface area (TPSA) is 42.2 Å². The fourth-order valence-corrected chi connectivity index (χ4v) is 2.59. The van der Waals surface area contributed by atoms with E-state index in [0.717, 1.165) is 5.52 Å². The average molecular weight is 304 g/mol. The minimum absolute atomic E-state index is 0.0622. The van der Waals surface area contributed by atoms with E-state index >= 15 is 0 Å². The molecule has 0 atom stereocenters. The van der Waals surface area contributed by atoms with Crippen LogP contribution in [0.1, 0.15) is 15.9 Å². The van der Waals surface area contributed by atoms with E-state index in [2.05, 4.69) is 0 Å². The number of para-hydroxylation sites is 1. The molecule has 0 bridgehead atoms. The first-order valence-electron chi connectivity index (χ1n) is 6.32. The zero-order valence-corrected chi connectivity index (χ0v) is 11.6. The number of rotatable bonds is 3. The monoisotopic (exact) mass is 303 g/mol. The lowest BCUT2D eigenvalue weighted by Crippen LogP contribution is -2.00. The summed E-state index contributed by atoms with van der Waals surface area (Å²) in [5.74, 6) is -1.47. The summed E-state index contributed by atoms with van der Waals surface area (Å²) in [4.78, 5) is 11.3. The van der Waals surface area contributed by atoms with Crippen LogP contribution in [0.4, 0.5) is 4.39 Å². The highest BCUT2D eigenvalue weighted by Crippen LogP contribution is 2.25. The third-order valence-electron chi connectivity index (χ3n) is 3.39. The van der Waals surface area contributed by atoms with E-state index in [1.165, 1.54) is 6.07 Å². The SMILES string of the molecule is O=C(O)c1cn(Cc2cccc(F)c2Cl)c2ccccc12. The lowest BCUT2D eigenvalue weighted by atomic mass is 10.2. The number of carboxylic acid groups (broad SMARTS) is 1. The number of nitrogens with zero attached hydrogens (tertiary/aromatic N) is 1. The number of hydrogen-bond donors (Lipinski definition) is 1. The molecule has 0 aliphatic heterocycles. The van der Waals surface area contributed by atoms with Crippen LogP contribution >= 0.6 is 11.6 Å². The van der Waals surface area contributed by atoms with E-state index in [1.807, 2.05) is 12.1 Å². The highest BCUT2D eigenvalue weighted by atomic mass is 35.5. The van der Waals surface area contributed by atoms with Crippen molar-refractivity contribution in [1.82, 2.24) is 4.57 Å². The second-order valence-corrected chi connectivity index (χ2v) is 5.08. The summed E-state index contributed by atoms with van der Waals surface area (Å²) in [5, 5.41) is 9.97. The Hall–Kier alpha value is -2.33. The molecule has 1 N–H and O–H groups in total. The molecule has 0 aliphatic rings. The second kappa shape index (κ2) is 5.22. The van der Waals surface area contributed by atoms with Gasteiger partial charge in [-0.2, -0.15) is 0 Å². The summed E-state index contributed by atoms with van der Waals surface area (Å²) in [6.07, 6.45) is 1.55. The van der Waals surface area contributed by atoms with Crippen LogP contribution in [0.25, 0.3) is 10.9 Å². The first-order chi connectivity index (χ1) is 10.1. The fraction of sp³-hybridized carbons (Fsp3) is 0.0625. The molecule has 0 saturated heterocycles. The zero-order chi connectivity index (χ0) is 15.0. The third-order valence-corrected chi connectivity index (χ3v) is 3.81. The van der Waals surface area contributed by atoms with Crippen molar-refractivity contribution in [2.24, 2.45) is 0 Å². The third kappa shape index (κ3) is 2.38. The summed E-state index contributed by atoms with van der Waals surface area (Å²) >= 11 is 5.96. The molecule has 106 valence electrons. The maximum atomic E-state index is 13.5. The quantitative estimate of drug-likeness (QED) is 0.788. The van der Waals surface area contributed by atoms with Gasteiger partial charge in [0.2, 0.25) is 0 Å². The van der Waals surface area contributed by atoms with E-state index in [4.69, 9.17) is 11.6 Å². The summed E-state index contributed by atoms with van der Waals surface area (Å²) in [7, 11) is 0. The van der Waals surface area contributed by atoms with Gasteiger partial charge in [0.25, 0.3) is 0 Å². The molecule has 3 rings (SSSR count). The molecule has 0 fully saturated rings. The molecule has 3 aromatic rings. The molecule has 2 aromatic carbocycles. The van der Waals surface area contributed by atoms with Crippen molar-refractivity contribution in [3.05, 3.63) is 70.6 Å². The van der Waals surface area contributed by atoms with Crippen molar-refractivity contribution in [2.45, 2.75) is 6.54 Å². The molecule has 0 unspecified atom stereocenters. The Labute approximate surface area is 125 Å². The molecule has 5 heteroatoms. The van der Waals surface area contributed by atoms with E-state index in [0.29, 0.717) is 17.5 Å². The largest absolute Gasteiger partial charge is 0.478 e. The van der Waals surface area contributed by atoms with Crippen LogP contribution < -0.4 is 0 Å². The molecule has 21 heavy (non-hydrogen) atoms. The van der Waals surface area contributed by atoms with E-state index in [1.54, 1.807) is 35.0 Å². The molecule has 0 amide bonds. The van der Waals surface area contributed by atoms with Gasteiger partial charge in [-0.15, -0.1) is 0 Å². The van der Waals surface area contributed by atoms with Gasteiger partial charge in [0.1, 0.15) is 5.82 Å². The first kappa shape index (κ1) is 13.6. The Morgan fingerprint density at radius 1 is 1.19 bits per heavy atom. The number of carboxylic acids is 1. The van der Waals surface area contributed by atoms with Gasteiger partial charge < -0.3 is 9.67 Å². The van der Waals surface area contributed by atoms with Crippen molar-refractivity contribution in [2.75, 3.05) is 0 Å². The predicted octanol–water partition coefficient (Wildman–Crippen LogP) is 4.18. The van der Waals surface area contributed by atoms with Crippen molar-refractivity contribution in [1.29, 1.82) is 0 Å². The number of hydrogen-bond acceptors (Lipinski definition) is 1. The van der Waals surface area contributed by atoms with Gasteiger partial charge in [-0.3, -0.25) is 0 Å². The van der Waals surface area contributed by atoms with Gasteiger partial charge >= 0.3 is 5.97 Å². The van der Waals surface area contributed by atoms with Crippen molar-refractivity contribution in [3.63, 3.8) is 0 Å². The number of fused-ring (bicyclic) bond motifs is 1. The standard InChI is InChI=1S/C16H11ClFNO2/c17-15-10(4-3-6-13(15)18)8-19-9-12(16(20)21)11-5-1-2-7-14(11)19/h1-7,9H,8H2,(H,20,21). The highest BCUT2D eigenvalue weighted by Gasteiger charge is 2.15. The lowest BCUT2D eigenvalue weighted by Gasteiger charge is -2.08. The van der Waals surface area contributed by atoms with Crippen LogP contribution in [0.2, 0.25) is 5.02 Å². The molecule has 0 spiro atoms. The number of aromatic nitrogens is 1. The molecule has 0 radical (unpaired) electrons.